The van der Waals surface area contributed by atoms with Crippen molar-refractivity contribution in [2.45, 2.75) is 12.8 Å². The van der Waals surface area contributed by atoms with Crippen LogP contribution in [-0.4, -0.2) is 38.6 Å². The van der Waals surface area contributed by atoms with Crippen molar-refractivity contribution in [2.75, 3.05) is 23.3 Å². The summed E-state index contributed by atoms with van der Waals surface area (Å²) in [6, 6.07) is 7.23. The van der Waals surface area contributed by atoms with Gasteiger partial charge in [0.2, 0.25) is 0 Å². The second kappa shape index (κ2) is 5.68. The van der Waals surface area contributed by atoms with E-state index in [-0.39, 0.29) is 5.91 Å². The van der Waals surface area contributed by atoms with E-state index in [0.717, 1.165) is 37.4 Å². The van der Waals surface area contributed by atoms with Crippen molar-refractivity contribution in [2.24, 2.45) is 0 Å². The molecule has 1 fully saturated rings. The summed E-state index contributed by atoms with van der Waals surface area (Å²) in [5, 5.41) is 10.7. The lowest BCUT2D eigenvalue weighted by Crippen LogP contribution is -2.24. The SMILES string of the molecule is O=C(Nc1ccc2nncn2c1)c1cccnc1N1CCCC1. The van der Waals surface area contributed by atoms with Crippen LogP contribution < -0.4 is 10.2 Å². The van der Waals surface area contributed by atoms with Crippen LogP contribution in [0, 0.1) is 0 Å². The quantitative estimate of drug-likeness (QED) is 0.800. The summed E-state index contributed by atoms with van der Waals surface area (Å²) in [5.41, 5.74) is 2.03. The molecule has 1 saturated heterocycles. The van der Waals surface area contributed by atoms with Crippen molar-refractivity contribution in [3.8, 4) is 0 Å². The van der Waals surface area contributed by atoms with Crippen molar-refractivity contribution in [1.82, 2.24) is 19.6 Å². The van der Waals surface area contributed by atoms with Crippen LogP contribution in [0.4, 0.5) is 11.5 Å². The highest BCUT2D eigenvalue weighted by molar-refractivity contribution is 6.07. The molecule has 1 amide bonds. The summed E-state index contributed by atoms with van der Waals surface area (Å²) in [6.07, 6.45) is 7.40. The Morgan fingerprint density at radius 1 is 1.17 bits per heavy atom. The van der Waals surface area contributed by atoms with Gasteiger partial charge in [0.25, 0.3) is 5.91 Å². The molecule has 0 saturated carbocycles. The van der Waals surface area contributed by atoms with E-state index in [2.05, 4.69) is 25.4 Å². The van der Waals surface area contributed by atoms with Gasteiger partial charge < -0.3 is 10.2 Å². The molecule has 0 aliphatic carbocycles. The van der Waals surface area contributed by atoms with Crippen LogP contribution in [-0.2, 0) is 0 Å². The van der Waals surface area contributed by atoms with E-state index >= 15 is 0 Å². The third kappa shape index (κ3) is 2.61. The predicted octanol–water partition coefficient (Wildman–Crippen LogP) is 1.98. The number of nitrogens with zero attached hydrogens (tertiary/aromatic N) is 5. The van der Waals surface area contributed by atoms with E-state index in [4.69, 9.17) is 0 Å². The van der Waals surface area contributed by atoms with Crippen LogP contribution in [0.25, 0.3) is 5.65 Å². The number of hydrogen-bond donors (Lipinski definition) is 1. The molecule has 1 aliphatic heterocycles. The number of carbonyl (C=O) groups excluding carboxylic acids is 1. The first-order chi connectivity index (χ1) is 11.3. The fraction of sp³-hybridized carbons (Fsp3) is 0.250. The van der Waals surface area contributed by atoms with Gasteiger partial charge in [-0.15, -0.1) is 10.2 Å². The van der Waals surface area contributed by atoms with Crippen molar-refractivity contribution < 1.29 is 4.79 Å². The molecule has 0 aromatic carbocycles. The molecule has 0 unspecified atom stereocenters. The van der Waals surface area contributed by atoms with Gasteiger partial charge in [-0.3, -0.25) is 9.20 Å². The van der Waals surface area contributed by atoms with Crippen molar-refractivity contribution in [1.29, 1.82) is 0 Å². The standard InChI is InChI=1S/C16H16N6O/c23-16(19-12-5-6-14-20-18-11-22(14)10-12)13-4-3-7-17-15(13)21-8-1-2-9-21/h3-7,10-11H,1-2,8-9H2,(H,19,23). The van der Waals surface area contributed by atoms with Gasteiger partial charge in [-0.2, -0.15) is 0 Å². The first-order valence-electron chi connectivity index (χ1n) is 7.62. The molecular weight excluding hydrogens is 292 g/mol. The molecule has 7 heteroatoms. The Bertz CT molecular complexity index is 852. The van der Waals surface area contributed by atoms with Gasteiger partial charge in [0.05, 0.1) is 11.3 Å². The molecule has 0 radical (unpaired) electrons. The average Bonchev–Trinajstić information content (AvgIpc) is 3.26. The van der Waals surface area contributed by atoms with Gasteiger partial charge in [-0.05, 0) is 37.1 Å². The maximum Gasteiger partial charge on any atom is 0.259 e. The highest BCUT2D eigenvalue weighted by atomic mass is 16.1. The Hall–Kier alpha value is -2.96. The van der Waals surface area contributed by atoms with Gasteiger partial charge in [-0.1, -0.05) is 0 Å². The Kier molecular flexibility index (Phi) is 3.38. The second-order valence-electron chi connectivity index (χ2n) is 5.54. The zero-order valence-corrected chi connectivity index (χ0v) is 12.5. The summed E-state index contributed by atoms with van der Waals surface area (Å²) in [7, 11) is 0. The lowest BCUT2D eigenvalue weighted by atomic mass is 10.2. The molecule has 7 nitrogen and oxygen atoms in total. The first-order valence-corrected chi connectivity index (χ1v) is 7.62. The van der Waals surface area contributed by atoms with Crippen molar-refractivity contribution in [3.63, 3.8) is 0 Å². The summed E-state index contributed by atoms with van der Waals surface area (Å²) in [4.78, 5) is 19.2. The van der Waals surface area contributed by atoms with Gasteiger partial charge in [0.15, 0.2) is 5.65 Å². The maximum atomic E-state index is 12.6. The number of aromatic nitrogens is 4. The molecule has 3 aromatic heterocycles. The maximum absolute atomic E-state index is 12.6. The van der Waals surface area contributed by atoms with Crippen LogP contribution >= 0.6 is 0 Å². The number of nitrogens with one attached hydrogen (secondary N) is 1. The molecule has 3 aromatic rings. The first kappa shape index (κ1) is 13.7. The number of rotatable bonds is 3. The number of pyridine rings is 2. The summed E-state index contributed by atoms with van der Waals surface area (Å²) in [5.74, 6) is 0.598. The summed E-state index contributed by atoms with van der Waals surface area (Å²) in [6.45, 7) is 1.90. The second-order valence-corrected chi connectivity index (χ2v) is 5.54. The van der Waals surface area contributed by atoms with Crippen molar-refractivity contribution >= 4 is 23.1 Å². The van der Waals surface area contributed by atoms with Crippen LogP contribution in [0.1, 0.15) is 23.2 Å². The Morgan fingerprint density at radius 3 is 2.91 bits per heavy atom. The molecule has 4 rings (SSSR count). The lowest BCUT2D eigenvalue weighted by Gasteiger charge is -2.19. The zero-order valence-electron chi connectivity index (χ0n) is 12.5. The molecule has 0 spiro atoms. The molecule has 116 valence electrons. The fourth-order valence-electron chi connectivity index (χ4n) is 2.85. The highest BCUT2D eigenvalue weighted by Gasteiger charge is 2.20. The Balaban J connectivity index is 1.61. The number of carbonyl (C=O) groups is 1. The number of amides is 1. The van der Waals surface area contributed by atoms with Gasteiger partial charge in [0.1, 0.15) is 12.1 Å². The monoisotopic (exact) mass is 308 g/mol. The largest absolute Gasteiger partial charge is 0.356 e. The smallest absolute Gasteiger partial charge is 0.259 e. The molecule has 23 heavy (non-hydrogen) atoms. The molecule has 4 heterocycles. The van der Waals surface area contributed by atoms with Gasteiger partial charge >= 0.3 is 0 Å². The minimum Gasteiger partial charge on any atom is -0.356 e. The normalized spacial score (nSPS) is 14.3. The number of fused-ring (bicyclic) bond motifs is 1. The molecule has 0 atom stereocenters. The predicted molar refractivity (Wildman–Crippen MR) is 86.6 cm³/mol. The van der Waals surface area contributed by atoms with E-state index in [9.17, 15) is 4.79 Å². The van der Waals surface area contributed by atoms with E-state index in [1.165, 1.54) is 0 Å². The topological polar surface area (TPSA) is 75.4 Å². The van der Waals surface area contributed by atoms with Gasteiger partial charge in [0, 0.05) is 25.5 Å². The number of anilines is 2. The summed E-state index contributed by atoms with van der Waals surface area (Å²) >= 11 is 0. The minimum absolute atomic E-state index is 0.160. The van der Waals surface area contributed by atoms with Crippen LogP contribution in [0.2, 0.25) is 0 Å². The lowest BCUT2D eigenvalue weighted by molar-refractivity contribution is 0.102. The summed E-state index contributed by atoms with van der Waals surface area (Å²) < 4.78 is 1.76. The van der Waals surface area contributed by atoms with Crippen molar-refractivity contribution in [3.05, 3.63) is 48.5 Å². The molecule has 1 N–H and O–H groups in total. The van der Waals surface area contributed by atoms with E-state index in [1.807, 2.05) is 18.2 Å². The third-order valence-corrected chi connectivity index (χ3v) is 3.99. The minimum atomic E-state index is -0.160. The fourth-order valence-corrected chi connectivity index (χ4v) is 2.85. The van der Waals surface area contributed by atoms with Crippen LogP contribution in [0.3, 0.4) is 0 Å². The molecule has 0 bridgehead atoms. The van der Waals surface area contributed by atoms with E-state index in [0.29, 0.717) is 11.3 Å². The average molecular weight is 308 g/mol. The molecule has 1 aliphatic rings. The van der Waals surface area contributed by atoms with E-state index in [1.54, 1.807) is 29.2 Å². The van der Waals surface area contributed by atoms with E-state index < -0.39 is 0 Å². The Morgan fingerprint density at radius 2 is 2.04 bits per heavy atom. The zero-order chi connectivity index (χ0) is 15.6. The molecular formula is C16H16N6O. The third-order valence-electron chi connectivity index (χ3n) is 3.99. The van der Waals surface area contributed by atoms with Gasteiger partial charge in [-0.25, -0.2) is 4.98 Å². The van der Waals surface area contributed by atoms with Crippen LogP contribution in [0.15, 0.2) is 43.0 Å². The Labute approximate surface area is 133 Å². The highest BCUT2D eigenvalue weighted by Crippen LogP contribution is 2.23. The van der Waals surface area contributed by atoms with Crippen LogP contribution in [0.5, 0.6) is 0 Å². The number of hydrogen-bond acceptors (Lipinski definition) is 5.